The third-order valence-electron chi connectivity index (χ3n) is 5.01. The van der Waals surface area contributed by atoms with Gasteiger partial charge in [0, 0.05) is 31.5 Å². The molecule has 0 unspecified atom stereocenters. The molecule has 5 heteroatoms. The number of carbonyl (C=O) groups is 2. The summed E-state index contributed by atoms with van der Waals surface area (Å²) in [7, 11) is 0. The highest BCUT2D eigenvalue weighted by Crippen LogP contribution is 2.33. The van der Waals surface area contributed by atoms with Crippen LogP contribution in [0.4, 0.5) is 0 Å². The molecule has 1 fully saturated rings. The summed E-state index contributed by atoms with van der Waals surface area (Å²) >= 11 is 0. The van der Waals surface area contributed by atoms with E-state index in [0.717, 1.165) is 0 Å². The maximum absolute atomic E-state index is 12.6. The second-order valence-corrected chi connectivity index (χ2v) is 6.62. The summed E-state index contributed by atoms with van der Waals surface area (Å²) < 4.78 is 6.27. The van der Waals surface area contributed by atoms with E-state index in [1.165, 1.54) is 0 Å². The van der Waals surface area contributed by atoms with Crippen molar-refractivity contribution in [2.45, 2.75) is 18.4 Å². The second-order valence-electron chi connectivity index (χ2n) is 6.62. The van der Waals surface area contributed by atoms with Gasteiger partial charge in [-0.3, -0.25) is 9.59 Å². The van der Waals surface area contributed by atoms with Crippen molar-refractivity contribution in [1.82, 2.24) is 10.2 Å². The maximum Gasteiger partial charge on any atom is 0.255 e. The monoisotopic (exact) mass is 336 g/mol. The SMILES string of the molecule is O=C1NCC2(CCN(C(=O)c3ccccc3)CC2)Oc2ccccc21. The molecule has 25 heavy (non-hydrogen) atoms. The van der Waals surface area contributed by atoms with Gasteiger partial charge in [0.1, 0.15) is 11.4 Å². The van der Waals surface area contributed by atoms with E-state index in [2.05, 4.69) is 5.32 Å². The van der Waals surface area contributed by atoms with Crippen LogP contribution in [-0.4, -0.2) is 41.9 Å². The molecule has 1 saturated heterocycles. The summed E-state index contributed by atoms with van der Waals surface area (Å²) in [6.45, 7) is 1.70. The fourth-order valence-corrected chi connectivity index (χ4v) is 3.51. The molecule has 0 radical (unpaired) electrons. The maximum atomic E-state index is 12.6. The Morgan fingerprint density at radius 1 is 1.00 bits per heavy atom. The van der Waals surface area contributed by atoms with Gasteiger partial charge in [-0.2, -0.15) is 0 Å². The average molecular weight is 336 g/mol. The first-order chi connectivity index (χ1) is 12.2. The Labute approximate surface area is 146 Å². The third kappa shape index (κ3) is 2.97. The molecule has 2 aromatic carbocycles. The number of amides is 2. The molecule has 0 aliphatic carbocycles. The quantitative estimate of drug-likeness (QED) is 0.870. The van der Waals surface area contributed by atoms with E-state index in [0.29, 0.717) is 49.4 Å². The Balaban J connectivity index is 1.50. The predicted octanol–water partition coefficient (Wildman–Crippen LogP) is 2.48. The molecular weight excluding hydrogens is 316 g/mol. The highest BCUT2D eigenvalue weighted by molar-refractivity contribution is 5.97. The van der Waals surface area contributed by atoms with Crippen molar-refractivity contribution < 1.29 is 14.3 Å². The van der Waals surface area contributed by atoms with E-state index in [1.54, 1.807) is 6.07 Å². The summed E-state index contributed by atoms with van der Waals surface area (Å²) in [6.07, 6.45) is 1.39. The number of likely N-dealkylation sites (tertiary alicyclic amines) is 1. The van der Waals surface area contributed by atoms with Crippen LogP contribution in [0.25, 0.3) is 0 Å². The van der Waals surface area contributed by atoms with Gasteiger partial charge in [-0.15, -0.1) is 0 Å². The normalized spacial score (nSPS) is 18.7. The summed E-state index contributed by atoms with van der Waals surface area (Å²) in [5.41, 5.74) is 0.830. The molecule has 128 valence electrons. The van der Waals surface area contributed by atoms with Crippen LogP contribution in [-0.2, 0) is 0 Å². The number of piperidine rings is 1. The molecule has 2 amide bonds. The zero-order valence-corrected chi connectivity index (χ0v) is 13.9. The van der Waals surface area contributed by atoms with Crippen molar-refractivity contribution in [3.05, 3.63) is 65.7 Å². The van der Waals surface area contributed by atoms with Crippen LogP contribution in [0.1, 0.15) is 33.6 Å². The lowest BCUT2D eigenvalue weighted by molar-refractivity contribution is 0.00771. The Morgan fingerprint density at radius 2 is 1.68 bits per heavy atom. The molecule has 0 atom stereocenters. The van der Waals surface area contributed by atoms with E-state index in [9.17, 15) is 9.59 Å². The van der Waals surface area contributed by atoms with Gasteiger partial charge in [-0.05, 0) is 24.3 Å². The Bertz CT molecular complexity index is 796. The minimum atomic E-state index is -0.449. The summed E-state index contributed by atoms with van der Waals surface area (Å²) in [5, 5.41) is 2.97. The van der Waals surface area contributed by atoms with Crippen LogP contribution in [0.5, 0.6) is 5.75 Å². The molecule has 4 rings (SSSR count). The Morgan fingerprint density at radius 3 is 2.44 bits per heavy atom. The molecule has 5 nitrogen and oxygen atoms in total. The molecule has 0 aromatic heterocycles. The fourth-order valence-electron chi connectivity index (χ4n) is 3.51. The Kier molecular flexibility index (Phi) is 3.92. The zero-order valence-electron chi connectivity index (χ0n) is 13.9. The standard InChI is InChI=1S/C20H20N2O3/c23-18-16-8-4-5-9-17(16)25-20(14-21-18)10-12-22(13-11-20)19(24)15-6-2-1-3-7-15/h1-9H,10-14H2,(H,21,23). The lowest BCUT2D eigenvalue weighted by atomic mass is 9.90. The minimum absolute atomic E-state index is 0.0495. The number of rotatable bonds is 1. The van der Waals surface area contributed by atoms with Gasteiger partial charge in [0.25, 0.3) is 11.8 Å². The van der Waals surface area contributed by atoms with Crippen molar-refractivity contribution in [1.29, 1.82) is 0 Å². The number of carbonyl (C=O) groups excluding carboxylic acids is 2. The topological polar surface area (TPSA) is 58.6 Å². The van der Waals surface area contributed by atoms with E-state index < -0.39 is 5.60 Å². The first-order valence-electron chi connectivity index (χ1n) is 8.57. The van der Waals surface area contributed by atoms with E-state index in [4.69, 9.17) is 4.74 Å². The van der Waals surface area contributed by atoms with Gasteiger partial charge in [-0.25, -0.2) is 0 Å². The molecule has 2 heterocycles. The first kappa shape index (κ1) is 15.7. The molecule has 0 saturated carbocycles. The smallest absolute Gasteiger partial charge is 0.255 e. The van der Waals surface area contributed by atoms with Crippen molar-refractivity contribution in [3.8, 4) is 5.75 Å². The minimum Gasteiger partial charge on any atom is -0.484 e. The number of ether oxygens (including phenoxy) is 1. The summed E-state index contributed by atoms with van der Waals surface area (Å²) in [6, 6.07) is 16.7. The largest absolute Gasteiger partial charge is 0.484 e. The van der Waals surface area contributed by atoms with Crippen LogP contribution >= 0.6 is 0 Å². The number of benzene rings is 2. The molecule has 2 aliphatic heterocycles. The van der Waals surface area contributed by atoms with Gasteiger partial charge in [0.05, 0.1) is 12.1 Å². The molecule has 1 spiro atoms. The van der Waals surface area contributed by atoms with Crippen LogP contribution in [0.15, 0.2) is 54.6 Å². The van der Waals surface area contributed by atoms with Crippen molar-refractivity contribution in [3.63, 3.8) is 0 Å². The van der Waals surface area contributed by atoms with Gasteiger partial charge in [0.15, 0.2) is 0 Å². The van der Waals surface area contributed by atoms with E-state index in [1.807, 2.05) is 53.4 Å². The second kappa shape index (κ2) is 6.24. The molecule has 1 N–H and O–H groups in total. The van der Waals surface area contributed by atoms with Crippen molar-refractivity contribution >= 4 is 11.8 Å². The predicted molar refractivity (Wildman–Crippen MR) is 93.7 cm³/mol. The van der Waals surface area contributed by atoms with Gasteiger partial charge in [-0.1, -0.05) is 30.3 Å². The molecule has 0 bridgehead atoms. The van der Waals surface area contributed by atoms with E-state index >= 15 is 0 Å². The number of nitrogens with zero attached hydrogens (tertiary/aromatic N) is 1. The fraction of sp³-hybridized carbons (Fsp3) is 0.300. The van der Waals surface area contributed by atoms with Crippen LogP contribution in [0.2, 0.25) is 0 Å². The number of hydrogen-bond donors (Lipinski definition) is 1. The van der Waals surface area contributed by atoms with Crippen molar-refractivity contribution in [2.75, 3.05) is 19.6 Å². The lowest BCUT2D eigenvalue weighted by Crippen LogP contribution is -2.54. The summed E-state index contributed by atoms with van der Waals surface area (Å²) in [4.78, 5) is 26.7. The van der Waals surface area contributed by atoms with Crippen molar-refractivity contribution in [2.24, 2.45) is 0 Å². The Hall–Kier alpha value is -2.82. The van der Waals surface area contributed by atoms with E-state index in [-0.39, 0.29) is 11.8 Å². The van der Waals surface area contributed by atoms with Crippen LogP contribution in [0, 0.1) is 0 Å². The molecule has 2 aromatic rings. The average Bonchev–Trinajstić information content (AvgIpc) is 2.80. The molecule has 2 aliphatic rings. The van der Waals surface area contributed by atoms with Crippen LogP contribution in [0.3, 0.4) is 0 Å². The van der Waals surface area contributed by atoms with Gasteiger partial charge in [0.2, 0.25) is 0 Å². The third-order valence-corrected chi connectivity index (χ3v) is 5.01. The zero-order chi connectivity index (χ0) is 17.3. The van der Waals surface area contributed by atoms with Gasteiger partial charge >= 0.3 is 0 Å². The number of fused-ring (bicyclic) bond motifs is 1. The van der Waals surface area contributed by atoms with Crippen LogP contribution < -0.4 is 10.1 Å². The van der Waals surface area contributed by atoms with Gasteiger partial charge < -0.3 is 15.0 Å². The first-order valence-corrected chi connectivity index (χ1v) is 8.57. The highest BCUT2D eigenvalue weighted by atomic mass is 16.5. The number of nitrogens with one attached hydrogen (secondary N) is 1. The number of para-hydroxylation sites is 1. The lowest BCUT2D eigenvalue weighted by Gasteiger charge is -2.41. The summed E-state index contributed by atoms with van der Waals surface area (Å²) in [5.74, 6) is 0.573. The highest BCUT2D eigenvalue weighted by Gasteiger charge is 2.40. The molecular formula is C20H20N2O3. The number of hydrogen-bond acceptors (Lipinski definition) is 3.